The summed E-state index contributed by atoms with van der Waals surface area (Å²) in [6.07, 6.45) is 0.426. The number of rotatable bonds is 1. The maximum atomic E-state index is 11.8. The number of amides is 1. The van der Waals surface area contributed by atoms with Crippen LogP contribution >= 0.6 is 12.4 Å². The van der Waals surface area contributed by atoms with Crippen LogP contribution in [0.15, 0.2) is 0 Å². The topological polar surface area (TPSA) is 55.1 Å². The number of hydrogen-bond acceptors (Lipinski definition) is 2. The second kappa shape index (κ2) is 3.73. The zero-order valence-corrected chi connectivity index (χ0v) is 6.16. The maximum absolute atomic E-state index is 11.8. The van der Waals surface area contributed by atoms with E-state index in [4.69, 9.17) is 5.73 Å². The zero-order chi connectivity index (χ0) is 6.85. The minimum absolute atomic E-state index is 0. The van der Waals surface area contributed by atoms with Gasteiger partial charge in [-0.3, -0.25) is 4.79 Å². The highest BCUT2D eigenvalue weighted by Crippen LogP contribution is 2.05. The van der Waals surface area contributed by atoms with E-state index >= 15 is 0 Å². The maximum Gasteiger partial charge on any atom is 0.237 e. The lowest BCUT2D eigenvalue weighted by Gasteiger charge is -1.99. The second-order valence-corrected chi connectivity index (χ2v) is 2.20. The summed E-state index contributed by atoms with van der Waals surface area (Å²) >= 11 is 0. The molecule has 0 aliphatic carbocycles. The molecule has 1 heterocycles. The highest BCUT2D eigenvalue weighted by Gasteiger charge is 2.28. The largest absolute Gasteiger partial charge is 0.349 e. The molecular formula is C5H10ClFN2O. The van der Waals surface area contributed by atoms with E-state index in [1.165, 1.54) is 0 Å². The minimum Gasteiger partial charge on any atom is -0.349 e. The molecule has 1 fully saturated rings. The van der Waals surface area contributed by atoms with Crippen LogP contribution in [0.4, 0.5) is 4.39 Å². The third-order valence-electron chi connectivity index (χ3n) is 1.41. The molecule has 0 radical (unpaired) electrons. The predicted octanol–water partition coefficient (Wildman–Crippen LogP) is -0.407. The molecule has 1 aliphatic heterocycles. The fourth-order valence-electron chi connectivity index (χ4n) is 0.882. The third-order valence-corrected chi connectivity index (χ3v) is 1.41. The number of halogens is 2. The van der Waals surface area contributed by atoms with E-state index in [0.29, 0.717) is 6.42 Å². The van der Waals surface area contributed by atoms with Gasteiger partial charge in [-0.1, -0.05) is 0 Å². The normalized spacial score (nSPS) is 31.2. The Morgan fingerprint density at radius 3 is 2.60 bits per heavy atom. The van der Waals surface area contributed by atoms with Crippen LogP contribution in [0.25, 0.3) is 0 Å². The van der Waals surface area contributed by atoms with Crippen molar-refractivity contribution in [3.05, 3.63) is 0 Å². The van der Waals surface area contributed by atoms with Crippen LogP contribution in [-0.4, -0.2) is 24.7 Å². The van der Waals surface area contributed by atoms with E-state index in [-0.39, 0.29) is 24.4 Å². The molecule has 60 valence electrons. The fraction of sp³-hybridized carbons (Fsp3) is 0.800. The number of hydrogen-bond donors (Lipinski definition) is 2. The van der Waals surface area contributed by atoms with Gasteiger partial charge >= 0.3 is 0 Å². The Balaban J connectivity index is 0.000000810. The van der Waals surface area contributed by atoms with Crippen LogP contribution in [0.1, 0.15) is 6.42 Å². The van der Waals surface area contributed by atoms with Crippen molar-refractivity contribution >= 4 is 18.3 Å². The molecule has 1 unspecified atom stereocenters. The molecular weight excluding hydrogens is 159 g/mol. The van der Waals surface area contributed by atoms with Crippen molar-refractivity contribution < 1.29 is 9.18 Å². The van der Waals surface area contributed by atoms with Crippen molar-refractivity contribution in [2.45, 2.75) is 18.5 Å². The third kappa shape index (κ3) is 1.82. The standard InChI is InChI=1S/C5H9FN2O.ClH/c6-2-3-1-4(7)5(9)8-3;/h3-4H,1-2,7H2,(H,8,9);1H/t3?,4-;/m1./s1. The Morgan fingerprint density at radius 2 is 2.40 bits per heavy atom. The summed E-state index contributed by atoms with van der Waals surface area (Å²) < 4.78 is 11.8. The molecule has 0 aromatic heterocycles. The molecule has 1 aliphatic rings. The van der Waals surface area contributed by atoms with Gasteiger partial charge in [0.15, 0.2) is 0 Å². The summed E-state index contributed by atoms with van der Waals surface area (Å²) in [5, 5.41) is 2.41. The molecule has 5 heteroatoms. The summed E-state index contributed by atoms with van der Waals surface area (Å²) in [6, 6.07) is -0.835. The number of nitrogens with one attached hydrogen (secondary N) is 1. The Labute approximate surface area is 64.6 Å². The number of alkyl halides is 1. The van der Waals surface area contributed by atoms with Gasteiger partial charge in [0.1, 0.15) is 6.67 Å². The molecule has 3 N–H and O–H groups in total. The van der Waals surface area contributed by atoms with E-state index in [9.17, 15) is 9.18 Å². The Kier molecular flexibility index (Phi) is 3.60. The van der Waals surface area contributed by atoms with Gasteiger partial charge in [-0.25, -0.2) is 4.39 Å². The molecule has 3 nitrogen and oxygen atoms in total. The van der Waals surface area contributed by atoms with Crippen molar-refractivity contribution in [3.63, 3.8) is 0 Å². The average Bonchev–Trinajstić information content (AvgIpc) is 2.13. The van der Waals surface area contributed by atoms with Crippen molar-refractivity contribution in [2.24, 2.45) is 5.73 Å². The number of carbonyl (C=O) groups is 1. The minimum atomic E-state index is -0.514. The summed E-state index contributed by atoms with van der Waals surface area (Å²) in [6.45, 7) is -0.514. The predicted molar refractivity (Wildman–Crippen MR) is 37.7 cm³/mol. The van der Waals surface area contributed by atoms with Crippen molar-refractivity contribution in [1.29, 1.82) is 0 Å². The SMILES string of the molecule is Cl.N[C@@H]1CC(CF)NC1=O. The van der Waals surface area contributed by atoms with Gasteiger partial charge in [-0.05, 0) is 6.42 Å². The first-order valence-corrected chi connectivity index (χ1v) is 2.86. The molecule has 0 bridgehead atoms. The van der Waals surface area contributed by atoms with Gasteiger partial charge in [0.05, 0.1) is 12.1 Å². The van der Waals surface area contributed by atoms with Gasteiger partial charge in [-0.15, -0.1) is 12.4 Å². The lowest BCUT2D eigenvalue weighted by molar-refractivity contribution is -0.120. The highest BCUT2D eigenvalue weighted by molar-refractivity contribution is 5.85. The molecule has 1 saturated heterocycles. The van der Waals surface area contributed by atoms with Crippen molar-refractivity contribution in [1.82, 2.24) is 5.32 Å². The van der Waals surface area contributed by atoms with Gasteiger partial charge in [-0.2, -0.15) is 0 Å². The first-order chi connectivity index (χ1) is 4.24. The molecule has 2 atom stereocenters. The zero-order valence-electron chi connectivity index (χ0n) is 5.34. The lowest BCUT2D eigenvalue weighted by Crippen LogP contribution is -2.31. The van der Waals surface area contributed by atoms with Crippen molar-refractivity contribution in [2.75, 3.05) is 6.67 Å². The number of nitrogens with two attached hydrogens (primary N) is 1. The lowest BCUT2D eigenvalue weighted by atomic mass is 10.2. The summed E-state index contributed by atoms with van der Waals surface area (Å²) in [5.41, 5.74) is 5.27. The second-order valence-electron chi connectivity index (χ2n) is 2.20. The van der Waals surface area contributed by atoms with Gasteiger partial charge < -0.3 is 11.1 Å². The smallest absolute Gasteiger partial charge is 0.237 e. The molecule has 0 aromatic rings. The number of carbonyl (C=O) groups excluding carboxylic acids is 1. The van der Waals surface area contributed by atoms with Crippen LogP contribution in [0.5, 0.6) is 0 Å². The monoisotopic (exact) mass is 168 g/mol. The first-order valence-electron chi connectivity index (χ1n) is 2.86. The summed E-state index contributed by atoms with van der Waals surface area (Å²) in [7, 11) is 0. The molecule has 0 aromatic carbocycles. The Hall–Kier alpha value is -0.350. The first kappa shape index (κ1) is 9.65. The van der Waals surface area contributed by atoms with Crippen LogP contribution in [0.2, 0.25) is 0 Å². The molecule has 1 rings (SSSR count). The van der Waals surface area contributed by atoms with Gasteiger partial charge in [0.2, 0.25) is 5.91 Å². The van der Waals surface area contributed by atoms with E-state index in [0.717, 1.165) is 0 Å². The Bertz CT molecular complexity index is 133. The van der Waals surface area contributed by atoms with Crippen LogP contribution in [0, 0.1) is 0 Å². The summed E-state index contributed by atoms with van der Waals surface area (Å²) in [4.78, 5) is 10.5. The summed E-state index contributed by atoms with van der Waals surface area (Å²) in [5.74, 6) is -0.238. The van der Waals surface area contributed by atoms with Crippen LogP contribution < -0.4 is 11.1 Å². The van der Waals surface area contributed by atoms with Gasteiger partial charge in [0.25, 0.3) is 0 Å². The highest BCUT2D eigenvalue weighted by atomic mass is 35.5. The van der Waals surface area contributed by atoms with E-state index in [1.807, 2.05) is 0 Å². The average molecular weight is 169 g/mol. The van der Waals surface area contributed by atoms with E-state index in [2.05, 4.69) is 5.32 Å². The molecule has 0 saturated carbocycles. The van der Waals surface area contributed by atoms with Crippen LogP contribution in [-0.2, 0) is 4.79 Å². The molecule has 0 spiro atoms. The molecule has 1 amide bonds. The van der Waals surface area contributed by atoms with Gasteiger partial charge in [0, 0.05) is 0 Å². The van der Waals surface area contributed by atoms with Crippen LogP contribution in [0.3, 0.4) is 0 Å². The van der Waals surface area contributed by atoms with Crippen molar-refractivity contribution in [3.8, 4) is 0 Å². The quantitative estimate of drug-likeness (QED) is 0.560. The van der Waals surface area contributed by atoms with E-state index < -0.39 is 12.7 Å². The van der Waals surface area contributed by atoms with E-state index in [1.54, 1.807) is 0 Å². The Morgan fingerprint density at radius 1 is 1.80 bits per heavy atom. The fourth-order valence-corrected chi connectivity index (χ4v) is 0.882. The molecule has 10 heavy (non-hydrogen) atoms.